The van der Waals surface area contributed by atoms with Crippen LogP contribution in [-0.4, -0.2) is 27.3 Å². The molecule has 2 bridgehead atoms. The fourth-order valence-electron chi connectivity index (χ4n) is 8.21. The van der Waals surface area contributed by atoms with Crippen LogP contribution in [0.1, 0.15) is 16.7 Å². The minimum atomic E-state index is -3.68. The topological polar surface area (TPSA) is 73.5 Å². The molecule has 0 spiro atoms. The molecule has 8 aromatic rings. The van der Waals surface area contributed by atoms with Crippen molar-refractivity contribution in [1.82, 2.24) is 12.7 Å². The second-order valence-electron chi connectivity index (χ2n) is 12.6. The van der Waals surface area contributed by atoms with Gasteiger partial charge in [-0.15, -0.1) is 0 Å². The zero-order valence-corrected chi connectivity index (χ0v) is 26.4. The van der Waals surface area contributed by atoms with Crippen molar-refractivity contribution in [3.8, 4) is 0 Å². The number of rotatable bonds is 3. The predicted molar refractivity (Wildman–Crippen MR) is 187 cm³/mol. The molecule has 48 heavy (non-hydrogen) atoms. The predicted octanol–water partition coefficient (Wildman–Crippen LogP) is 5.23. The Hall–Kier alpha value is -6.16. The summed E-state index contributed by atoms with van der Waals surface area (Å²) in [5, 5.41) is 7.29. The number of nitrogens with zero attached hydrogens (tertiary/aromatic N) is 7. The highest BCUT2D eigenvalue weighted by Crippen LogP contribution is 2.44. The van der Waals surface area contributed by atoms with Crippen LogP contribution in [-0.2, 0) is 11.0 Å². The van der Waals surface area contributed by atoms with Gasteiger partial charge in [-0.05, 0) is 5.56 Å². The smallest absolute Gasteiger partial charge is 0.361 e. The summed E-state index contributed by atoms with van der Waals surface area (Å²) in [6.45, 7) is 0.390. The van der Waals surface area contributed by atoms with E-state index >= 15 is 0 Å². The quantitative estimate of drug-likeness (QED) is 0.246. The molecule has 7 heterocycles. The first-order valence-corrected chi connectivity index (χ1v) is 17.9. The molecule has 1 unspecified atom stereocenters. The van der Waals surface area contributed by atoms with Crippen molar-refractivity contribution in [2.75, 3.05) is 0 Å². The van der Waals surface area contributed by atoms with E-state index in [2.05, 4.69) is 134 Å². The summed E-state index contributed by atoms with van der Waals surface area (Å²) in [5.41, 5.74) is 6.57. The van der Waals surface area contributed by atoms with E-state index in [0.29, 0.717) is 12.4 Å². The number of aromatic nitrogens is 3. The van der Waals surface area contributed by atoms with Crippen LogP contribution >= 0.6 is 0 Å². The van der Waals surface area contributed by atoms with Crippen molar-refractivity contribution in [2.45, 2.75) is 6.61 Å². The lowest BCUT2D eigenvalue weighted by atomic mass is 10.1. The van der Waals surface area contributed by atoms with Gasteiger partial charge in [0.25, 0.3) is 0 Å². The Kier molecular flexibility index (Phi) is 4.47. The minimum absolute atomic E-state index is 0.390. The molecule has 4 aliphatic heterocycles. The van der Waals surface area contributed by atoms with Crippen molar-refractivity contribution in [3.05, 3.63) is 166 Å². The van der Waals surface area contributed by atoms with E-state index in [0.717, 1.165) is 88.2 Å². The fraction of sp³-hybridized carbons (Fsp3) is 0.0256. The third-order valence-corrected chi connectivity index (χ3v) is 13.7. The highest BCUT2D eigenvalue weighted by atomic mass is 28.4. The zero-order valence-electron chi connectivity index (χ0n) is 25.4. The molecule has 0 aliphatic carbocycles. The Morgan fingerprint density at radius 2 is 0.979 bits per heavy atom. The van der Waals surface area contributed by atoms with Crippen LogP contribution in [0.5, 0.6) is 0 Å². The zero-order chi connectivity index (χ0) is 31.1. The summed E-state index contributed by atoms with van der Waals surface area (Å²) in [5.74, 6) is 2.41. The molecule has 0 N–H and O–H groups in total. The molecule has 1 atom stereocenters. The molecule has 12 rings (SSSR count). The Labute approximate surface area is 273 Å². The first kappa shape index (κ1) is 25.0. The number of fused-ring (bicyclic) bond motifs is 13. The molecule has 4 aliphatic rings. The summed E-state index contributed by atoms with van der Waals surface area (Å²) in [6, 6.07) is 44.4. The second-order valence-corrected chi connectivity index (χ2v) is 15.4. The van der Waals surface area contributed by atoms with Gasteiger partial charge in [0, 0.05) is 43.4 Å². The Morgan fingerprint density at radius 1 is 0.458 bits per heavy atom. The van der Waals surface area contributed by atoms with Crippen molar-refractivity contribution in [1.29, 1.82) is 0 Å². The number of amidine groups is 1. The number of hydrogen-bond donors (Lipinski definition) is 0. The molecule has 0 saturated carbocycles. The van der Waals surface area contributed by atoms with Crippen molar-refractivity contribution < 1.29 is 4.43 Å². The van der Waals surface area contributed by atoms with Crippen molar-refractivity contribution >= 4 is 64.3 Å². The summed E-state index contributed by atoms with van der Waals surface area (Å²) >= 11 is 0. The summed E-state index contributed by atoms with van der Waals surface area (Å²) in [6.07, 6.45) is 0. The maximum atomic E-state index is 7.70. The fourth-order valence-corrected chi connectivity index (χ4v) is 12.3. The molecule has 9 heteroatoms. The standard InChI is InChI=1S/C39H23N7OSi/c1-2-12-23(13-3-1)22-47-48-44-33-25-15-5-7-17-27(25)36(44)42-37-30-20-10-11-21-31(30)39(46(37)48)43-38-29-19-9-8-18-28(29)35(45(38)48)41-34-26-16-6-4-14-24(26)32(33)40-34/h1-21H,22H2. The summed E-state index contributed by atoms with van der Waals surface area (Å²) < 4.78 is 14.8. The van der Waals surface area contributed by atoms with Gasteiger partial charge in [0.15, 0.2) is 5.84 Å². The summed E-state index contributed by atoms with van der Waals surface area (Å²) in [7, 11) is -3.68. The molecule has 0 fully saturated rings. The van der Waals surface area contributed by atoms with Crippen LogP contribution in [0.3, 0.4) is 0 Å². The van der Waals surface area contributed by atoms with E-state index in [9.17, 15) is 0 Å². The Morgan fingerprint density at radius 3 is 1.67 bits per heavy atom. The first-order chi connectivity index (χ1) is 23.8. The number of hydrogen-bond acceptors (Lipinski definition) is 5. The third-order valence-electron chi connectivity index (χ3n) is 10.2. The van der Waals surface area contributed by atoms with Crippen molar-refractivity contribution in [2.24, 2.45) is 20.0 Å². The van der Waals surface area contributed by atoms with Gasteiger partial charge in [0.05, 0.1) is 17.7 Å². The van der Waals surface area contributed by atoms with E-state index in [-0.39, 0.29) is 0 Å². The Bertz CT molecular complexity index is 3080. The lowest BCUT2D eigenvalue weighted by Gasteiger charge is -2.38. The summed E-state index contributed by atoms with van der Waals surface area (Å²) in [4.78, 5) is 21.9. The van der Waals surface area contributed by atoms with E-state index < -0.39 is 8.80 Å². The minimum Gasteiger partial charge on any atom is -0.361 e. The van der Waals surface area contributed by atoms with Crippen LogP contribution in [0, 0.1) is 0 Å². The molecule has 8 nitrogen and oxygen atoms in total. The molecule has 224 valence electrons. The maximum Gasteiger partial charge on any atom is 0.565 e. The average molecular weight is 634 g/mol. The average Bonchev–Trinajstić information content (AvgIpc) is 3.87. The SMILES string of the molecule is c1ccc(CO[Si]23n4c5c6ccccc6c4N=c4c6ccccc6c(n42)=C2N=C(N=c4c6ccccc6c(n43)=N5)c3ccccc32)cc1. The van der Waals surface area contributed by atoms with E-state index in [1.807, 2.05) is 6.07 Å². The number of aliphatic imine (C=N–C) groups is 1. The highest BCUT2D eigenvalue weighted by molar-refractivity contribution is 6.71. The molecule has 3 aromatic heterocycles. The van der Waals surface area contributed by atoms with Gasteiger partial charge in [-0.2, -0.15) is 0 Å². The van der Waals surface area contributed by atoms with Gasteiger partial charge < -0.3 is 4.43 Å². The highest BCUT2D eigenvalue weighted by Gasteiger charge is 2.56. The van der Waals surface area contributed by atoms with Crippen LogP contribution in [0.15, 0.2) is 147 Å². The third kappa shape index (κ3) is 2.83. The van der Waals surface area contributed by atoms with Crippen LogP contribution in [0.25, 0.3) is 38.0 Å². The van der Waals surface area contributed by atoms with E-state index in [4.69, 9.17) is 24.4 Å². The second kappa shape index (κ2) is 8.59. The van der Waals surface area contributed by atoms with Crippen LogP contribution in [0.4, 0.5) is 11.6 Å². The number of benzene rings is 5. The lowest BCUT2D eigenvalue weighted by molar-refractivity contribution is 0.256. The molecular formula is C39H23N7OSi. The van der Waals surface area contributed by atoms with Crippen LogP contribution < -0.4 is 21.8 Å². The molecule has 0 saturated heterocycles. The monoisotopic (exact) mass is 633 g/mol. The maximum absolute atomic E-state index is 7.70. The van der Waals surface area contributed by atoms with Gasteiger partial charge in [-0.1, -0.05) is 127 Å². The van der Waals surface area contributed by atoms with Crippen LogP contribution in [0.2, 0.25) is 0 Å². The lowest BCUT2D eigenvalue weighted by Crippen LogP contribution is -2.73. The Balaban J connectivity index is 1.42. The van der Waals surface area contributed by atoms with E-state index in [1.54, 1.807) is 0 Å². The van der Waals surface area contributed by atoms with Gasteiger partial charge >= 0.3 is 8.80 Å². The van der Waals surface area contributed by atoms with Gasteiger partial charge in [-0.25, -0.2) is 20.0 Å². The van der Waals surface area contributed by atoms with Gasteiger partial charge in [-0.3, -0.25) is 12.7 Å². The van der Waals surface area contributed by atoms with Gasteiger partial charge in [0.1, 0.15) is 28.1 Å². The van der Waals surface area contributed by atoms with Crippen molar-refractivity contribution in [3.63, 3.8) is 0 Å². The molecular weight excluding hydrogens is 611 g/mol. The largest absolute Gasteiger partial charge is 0.565 e. The van der Waals surface area contributed by atoms with E-state index in [1.165, 1.54) is 0 Å². The molecule has 5 aromatic carbocycles. The molecule has 0 radical (unpaired) electrons. The first-order valence-electron chi connectivity index (χ1n) is 16.1. The molecule has 0 amide bonds. The van der Waals surface area contributed by atoms with Gasteiger partial charge in [0.2, 0.25) is 0 Å². The normalized spacial score (nSPS) is 17.6.